The molecule has 0 bridgehead atoms. The van der Waals surface area contributed by atoms with E-state index in [9.17, 15) is 4.79 Å². The molecule has 1 saturated heterocycles. The van der Waals surface area contributed by atoms with E-state index >= 15 is 0 Å². The van der Waals surface area contributed by atoms with E-state index in [4.69, 9.17) is 4.42 Å². The summed E-state index contributed by atoms with van der Waals surface area (Å²) in [6, 6.07) is 13.9. The first kappa shape index (κ1) is 20.1. The maximum Gasteiger partial charge on any atom is 0.220 e. The average Bonchev–Trinajstić information content (AvgIpc) is 3.27. The Kier molecular flexibility index (Phi) is 6.39. The molecule has 7 heteroatoms. The largest absolute Gasteiger partial charge is 0.441 e. The average molecular weight is 406 g/mol. The van der Waals surface area contributed by atoms with Crippen LogP contribution in [0.1, 0.15) is 17.9 Å². The fourth-order valence-corrected chi connectivity index (χ4v) is 3.42. The molecular weight excluding hydrogens is 378 g/mol. The van der Waals surface area contributed by atoms with Crippen molar-refractivity contribution in [2.24, 2.45) is 0 Å². The van der Waals surface area contributed by atoms with Gasteiger partial charge < -0.3 is 19.5 Å². The minimum absolute atomic E-state index is 0.0300. The molecule has 7 nitrogen and oxygen atoms in total. The summed E-state index contributed by atoms with van der Waals surface area (Å²) in [7, 11) is 2.14. The molecule has 156 valence electrons. The van der Waals surface area contributed by atoms with Gasteiger partial charge in [0.05, 0.1) is 6.20 Å². The second-order valence-electron chi connectivity index (χ2n) is 7.58. The Morgan fingerprint density at radius 3 is 2.57 bits per heavy atom. The highest BCUT2D eigenvalue weighted by atomic mass is 16.4. The predicted octanol–water partition coefficient (Wildman–Crippen LogP) is 2.74. The number of anilines is 1. The van der Waals surface area contributed by atoms with Gasteiger partial charge in [-0.2, -0.15) is 0 Å². The Bertz CT molecular complexity index is 947. The fraction of sp³-hybridized carbons (Fsp3) is 0.348. The zero-order valence-corrected chi connectivity index (χ0v) is 17.3. The number of likely N-dealkylation sites (N-methyl/N-ethyl adjacent to an activating group) is 1. The molecule has 3 heterocycles. The summed E-state index contributed by atoms with van der Waals surface area (Å²) in [4.78, 5) is 25.7. The SMILES string of the molecule is CN1CCN(c2ccc(CNC(=O)CCc3ncc(-c4ccccc4)o3)cn2)CC1. The molecule has 1 aromatic carbocycles. The second kappa shape index (κ2) is 9.54. The van der Waals surface area contributed by atoms with Crippen molar-refractivity contribution in [2.75, 3.05) is 38.1 Å². The lowest BCUT2D eigenvalue weighted by Gasteiger charge is -2.33. The van der Waals surface area contributed by atoms with Gasteiger partial charge >= 0.3 is 0 Å². The van der Waals surface area contributed by atoms with Crippen LogP contribution in [0.4, 0.5) is 5.82 Å². The van der Waals surface area contributed by atoms with E-state index in [0.29, 0.717) is 25.3 Å². The predicted molar refractivity (Wildman–Crippen MR) is 116 cm³/mol. The van der Waals surface area contributed by atoms with Crippen molar-refractivity contribution in [1.82, 2.24) is 20.2 Å². The maximum atomic E-state index is 12.2. The van der Waals surface area contributed by atoms with Crippen LogP contribution in [0.25, 0.3) is 11.3 Å². The molecule has 0 saturated carbocycles. The van der Waals surface area contributed by atoms with Crippen LogP contribution in [0.3, 0.4) is 0 Å². The van der Waals surface area contributed by atoms with Crippen LogP contribution in [0.2, 0.25) is 0 Å². The lowest BCUT2D eigenvalue weighted by Crippen LogP contribution is -2.44. The summed E-state index contributed by atoms with van der Waals surface area (Å²) in [5, 5.41) is 2.94. The summed E-state index contributed by atoms with van der Waals surface area (Å²) < 4.78 is 5.75. The first-order valence-electron chi connectivity index (χ1n) is 10.3. The van der Waals surface area contributed by atoms with E-state index < -0.39 is 0 Å². The van der Waals surface area contributed by atoms with Gasteiger partial charge in [0.1, 0.15) is 5.82 Å². The van der Waals surface area contributed by atoms with Crippen molar-refractivity contribution >= 4 is 11.7 Å². The number of piperazine rings is 1. The molecule has 2 aromatic heterocycles. The van der Waals surface area contributed by atoms with E-state index in [2.05, 4.69) is 32.1 Å². The van der Waals surface area contributed by atoms with Gasteiger partial charge in [-0.05, 0) is 18.7 Å². The lowest BCUT2D eigenvalue weighted by atomic mass is 10.2. The highest BCUT2D eigenvalue weighted by Crippen LogP contribution is 2.20. The van der Waals surface area contributed by atoms with Gasteiger partial charge in [0.25, 0.3) is 0 Å². The number of hydrogen-bond donors (Lipinski definition) is 1. The van der Waals surface area contributed by atoms with Crippen LogP contribution in [-0.4, -0.2) is 54.0 Å². The zero-order chi connectivity index (χ0) is 20.8. The Hall–Kier alpha value is -3.19. The molecule has 1 N–H and O–H groups in total. The number of nitrogens with one attached hydrogen (secondary N) is 1. The van der Waals surface area contributed by atoms with Crippen LogP contribution in [0.15, 0.2) is 59.3 Å². The molecule has 1 aliphatic heterocycles. The summed E-state index contributed by atoms with van der Waals surface area (Å²) >= 11 is 0. The molecule has 4 rings (SSSR count). The molecule has 30 heavy (non-hydrogen) atoms. The molecule has 0 spiro atoms. The van der Waals surface area contributed by atoms with E-state index in [-0.39, 0.29) is 5.91 Å². The van der Waals surface area contributed by atoms with Crippen LogP contribution < -0.4 is 10.2 Å². The summed E-state index contributed by atoms with van der Waals surface area (Å²) in [6.07, 6.45) is 4.35. The standard InChI is InChI=1S/C23H27N5O2/c1-27-11-13-28(14-12-27)21-8-7-18(15-24-21)16-25-22(29)9-10-23-26-17-20(30-23)19-5-3-2-4-6-19/h2-8,15,17H,9-14,16H2,1H3,(H,25,29). The molecule has 0 atom stereocenters. The topological polar surface area (TPSA) is 74.5 Å². The fourth-order valence-electron chi connectivity index (χ4n) is 3.42. The Balaban J connectivity index is 1.22. The van der Waals surface area contributed by atoms with E-state index in [1.54, 1.807) is 6.20 Å². The number of pyridine rings is 1. The molecule has 1 aliphatic rings. The number of carbonyl (C=O) groups excluding carboxylic acids is 1. The number of aromatic nitrogens is 2. The quantitative estimate of drug-likeness (QED) is 0.652. The van der Waals surface area contributed by atoms with Gasteiger partial charge in [0.15, 0.2) is 11.7 Å². The molecule has 1 fully saturated rings. The van der Waals surface area contributed by atoms with Gasteiger partial charge in [0, 0.05) is 57.3 Å². The number of rotatable bonds is 7. The van der Waals surface area contributed by atoms with Crippen molar-refractivity contribution in [1.29, 1.82) is 0 Å². The smallest absolute Gasteiger partial charge is 0.220 e. The molecule has 3 aromatic rings. The van der Waals surface area contributed by atoms with E-state index in [1.165, 1.54) is 0 Å². The maximum absolute atomic E-state index is 12.2. The van der Waals surface area contributed by atoms with Gasteiger partial charge in [-0.25, -0.2) is 9.97 Å². The third kappa shape index (κ3) is 5.24. The van der Waals surface area contributed by atoms with Crippen LogP contribution in [0, 0.1) is 0 Å². The van der Waals surface area contributed by atoms with Gasteiger partial charge in [-0.1, -0.05) is 36.4 Å². The number of amides is 1. The lowest BCUT2D eigenvalue weighted by molar-refractivity contribution is -0.121. The summed E-state index contributed by atoms with van der Waals surface area (Å²) in [6.45, 7) is 4.56. The number of carbonyl (C=O) groups is 1. The number of oxazole rings is 1. The number of nitrogens with zero attached hydrogens (tertiary/aromatic N) is 4. The van der Waals surface area contributed by atoms with Crippen LogP contribution in [0.5, 0.6) is 0 Å². The van der Waals surface area contributed by atoms with Crippen molar-refractivity contribution < 1.29 is 9.21 Å². The summed E-state index contributed by atoms with van der Waals surface area (Å²) in [5.41, 5.74) is 1.97. The van der Waals surface area contributed by atoms with Gasteiger partial charge in [0.2, 0.25) is 5.91 Å². The third-order valence-corrected chi connectivity index (χ3v) is 5.30. The Morgan fingerprint density at radius 1 is 1.03 bits per heavy atom. The van der Waals surface area contributed by atoms with Crippen molar-refractivity contribution in [2.45, 2.75) is 19.4 Å². The van der Waals surface area contributed by atoms with Gasteiger partial charge in [-0.15, -0.1) is 0 Å². The second-order valence-corrected chi connectivity index (χ2v) is 7.58. The molecule has 0 aliphatic carbocycles. The van der Waals surface area contributed by atoms with Crippen molar-refractivity contribution in [3.8, 4) is 11.3 Å². The number of aryl methyl sites for hydroxylation is 1. The first-order valence-corrected chi connectivity index (χ1v) is 10.3. The minimum atomic E-state index is -0.0300. The van der Waals surface area contributed by atoms with Crippen LogP contribution >= 0.6 is 0 Å². The molecule has 0 unspecified atom stereocenters. The van der Waals surface area contributed by atoms with Crippen molar-refractivity contribution in [3.05, 3.63) is 66.3 Å². The zero-order valence-electron chi connectivity index (χ0n) is 17.3. The first-order chi connectivity index (χ1) is 14.7. The monoisotopic (exact) mass is 405 g/mol. The summed E-state index contributed by atoms with van der Waals surface area (Å²) in [5.74, 6) is 2.26. The van der Waals surface area contributed by atoms with Crippen LogP contribution in [-0.2, 0) is 17.8 Å². The van der Waals surface area contributed by atoms with E-state index in [1.807, 2.05) is 48.7 Å². The third-order valence-electron chi connectivity index (χ3n) is 5.30. The number of benzene rings is 1. The minimum Gasteiger partial charge on any atom is -0.441 e. The van der Waals surface area contributed by atoms with Gasteiger partial charge in [-0.3, -0.25) is 4.79 Å². The normalized spacial score (nSPS) is 14.6. The molecule has 0 radical (unpaired) electrons. The Labute approximate surface area is 176 Å². The Morgan fingerprint density at radius 2 is 1.83 bits per heavy atom. The molecule has 1 amide bonds. The van der Waals surface area contributed by atoms with Crippen molar-refractivity contribution in [3.63, 3.8) is 0 Å². The highest BCUT2D eigenvalue weighted by molar-refractivity contribution is 5.76. The molecular formula is C23H27N5O2. The van der Waals surface area contributed by atoms with E-state index in [0.717, 1.165) is 48.9 Å². The highest BCUT2D eigenvalue weighted by Gasteiger charge is 2.15. The number of hydrogen-bond acceptors (Lipinski definition) is 6.